The fourth-order valence-corrected chi connectivity index (χ4v) is 6.55. The minimum absolute atomic E-state index is 0.0593. The summed E-state index contributed by atoms with van der Waals surface area (Å²) in [6.07, 6.45) is 0.637. The number of hydrogen-bond acceptors (Lipinski definition) is 9. The lowest BCUT2D eigenvalue weighted by atomic mass is 9.97. The number of anilines is 1. The molecule has 1 aliphatic rings. The number of piperidine rings is 1. The number of sulfonamides is 1. The van der Waals surface area contributed by atoms with E-state index in [2.05, 4.69) is 20.3 Å². The van der Waals surface area contributed by atoms with Crippen molar-refractivity contribution in [3.8, 4) is 0 Å². The molecule has 0 unspecified atom stereocenters. The molecular formula is C18H20ClFN4O5S3. The van der Waals surface area contributed by atoms with E-state index in [1.54, 1.807) is 0 Å². The third kappa shape index (κ3) is 6.38. The van der Waals surface area contributed by atoms with Gasteiger partial charge in [-0.2, -0.15) is 0 Å². The quantitative estimate of drug-likeness (QED) is 0.319. The van der Waals surface area contributed by atoms with Crippen molar-refractivity contribution in [2.24, 2.45) is 5.92 Å². The number of esters is 1. The minimum atomic E-state index is -3.79. The van der Waals surface area contributed by atoms with Gasteiger partial charge < -0.3 is 10.1 Å². The van der Waals surface area contributed by atoms with Crippen LogP contribution >= 0.6 is 34.7 Å². The number of methoxy groups -OCH3 is 1. The Bertz CT molecular complexity index is 1070. The summed E-state index contributed by atoms with van der Waals surface area (Å²) in [6, 6.07) is 4.02. The number of nitrogens with zero attached hydrogens (tertiary/aromatic N) is 3. The highest BCUT2D eigenvalue weighted by atomic mass is 35.5. The van der Waals surface area contributed by atoms with Crippen molar-refractivity contribution in [1.29, 1.82) is 0 Å². The number of benzene rings is 1. The molecule has 1 aliphatic heterocycles. The van der Waals surface area contributed by atoms with Gasteiger partial charge in [0.25, 0.3) is 0 Å². The van der Waals surface area contributed by atoms with E-state index >= 15 is 0 Å². The molecule has 0 radical (unpaired) electrons. The maximum atomic E-state index is 14.0. The number of ether oxygens (including phenoxy) is 1. The van der Waals surface area contributed by atoms with Crippen LogP contribution in [0.25, 0.3) is 0 Å². The number of nitrogens with one attached hydrogen (secondary N) is 1. The van der Waals surface area contributed by atoms with Crippen LogP contribution in [0.5, 0.6) is 0 Å². The summed E-state index contributed by atoms with van der Waals surface area (Å²) >= 11 is 8.24. The highest BCUT2D eigenvalue weighted by molar-refractivity contribution is 8.01. The minimum Gasteiger partial charge on any atom is -0.468 e. The molecule has 1 aromatic heterocycles. The highest BCUT2D eigenvalue weighted by Crippen LogP contribution is 2.28. The van der Waals surface area contributed by atoms with Crippen LogP contribution in [0.15, 0.2) is 22.5 Å². The van der Waals surface area contributed by atoms with Crippen molar-refractivity contribution in [3.63, 3.8) is 0 Å². The maximum absolute atomic E-state index is 14.0. The fourth-order valence-electron chi connectivity index (χ4n) is 3.05. The average molecular weight is 523 g/mol. The van der Waals surface area contributed by atoms with Crippen molar-refractivity contribution in [2.45, 2.75) is 22.9 Å². The molecule has 32 heavy (non-hydrogen) atoms. The second kappa shape index (κ2) is 10.9. The Balaban J connectivity index is 1.52. The smallest absolute Gasteiger partial charge is 0.316 e. The zero-order chi connectivity index (χ0) is 23.3. The van der Waals surface area contributed by atoms with Crippen LogP contribution in [-0.2, 0) is 30.1 Å². The Morgan fingerprint density at radius 1 is 1.34 bits per heavy atom. The van der Waals surface area contributed by atoms with Gasteiger partial charge in [-0.1, -0.05) is 40.8 Å². The SMILES string of the molecule is COC(=O)CSc1nnc(NC(=O)C2CCN(S(=O)(=O)Cc3c(F)cccc3Cl)CC2)s1. The number of carbonyl (C=O) groups excluding carboxylic acids is 2. The average Bonchev–Trinajstić information content (AvgIpc) is 3.22. The number of aromatic nitrogens is 2. The summed E-state index contributed by atoms with van der Waals surface area (Å²) in [5.41, 5.74) is -0.0637. The predicted molar refractivity (Wildman–Crippen MR) is 120 cm³/mol. The standard InChI is InChI=1S/C18H20ClFN4O5S3/c1-29-15(25)9-30-18-23-22-17(31-18)21-16(26)11-5-7-24(8-6-11)32(27,28)10-12-13(19)3-2-4-14(12)20/h2-4,11H,5-10H2,1H3,(H,21,22,26). The van der Waals surface area contributed by atoms with Gasteiger partial charge in [-0.05, 0) is 25.0 Å². The van der Waals surface area contributed by atoms with Crippen molar-refractivity contribution < 1.29 is 27.1 Å². The molecule has 1 N–H and O–H groups in total. The van der Waals surface area contributed by atoms with E-state index in [1.165, 1.54) is 29.6 Å². The van der Waals surface area contributed by atoms with Crippen LogP contribution in [0.2, 0.25) is 5.02 Å². The molecule has 1 fully saturated rings. The molecule has 1 amide bonds. The number of rotatable bonds is 8. The largest absolute Gasteiger partial charge is 0.468 e. The summed E-state index contributed by atoms with van der Waals surface area (Å²) in [4.78, 5) is 23.7. The molecule has 0 bridgehead atoms. The number of halogens is 2. The molecule has 1 aromatic carbocycles. The normalized spacial score (nSPS) is 15.5. The monoisotopic (exact) mass is 522 g/mol. The summed E-state index contributed by atoms with van der Waals surface area (Å²) in [6.45, 7) is 0.283. The van der Waals surface area contributed by atoms with Crippen LogP contribution in [0.3, 0.4) is 0 Å². The van der Waals surface area contributed by atoms with Crippen LogP contribution in [0.1, 0.15) is 18.4 Å². The van der Waals surface area contributed by atoms with E-state index in [4.69, 9.17) is 11.6 Å². The van der Waals surface area contributed by atoms with Crippen LogP contribution < -0.4 is 5.32 Å². The van der Waals surface area contributed by atoms with E-state index in [0.717, 1.165) is 23.1 Å². The summed E-state index contributed by atoms with van der Waals surface area (Å²) in [5.74, 6) is -2.18. The van der Waals surface area contributed by atoms with Crippen molar-refractivity contribution in [3.05, 3.63) is 34.6 Å². The molecule has 0 saturated carbocycles. The fraction of sp³-hybridized carbons (Fsp3) is 0.444. The first-order valence-corrected chi connectivity index (χ1v) is 13.2. The van der Waals surface area contributed by atoms with E-state index in [-0.39, 0.29) is 35.3 Å². The molecular weight excluding hydrogens is 503 g/mol. The van der Waals surface area contributed by atoms with E-state index in [9.17, 15) is 22.4 Å². The second-order valence-corrected chi connectivity index (χ2v) is 11.4. The summed E-state index contributed by atoms with van der Waals surface area (Å²) < 4.78 is 45.7. The zero-order valence-corrected chi connectivity index (χ0v) is 20.1. The Morgan fingerprint density at radius 2 is 2.06 bits per heavy atom. The van der Waals surface area contributed by atoms with Gasteiger partial charge in [-0.25, -0.2) is 17.1 Å². The van der Waals surface area contributed by atoms with Gasteiger partial charge in [0.1, 0.15) is 5.82 Å². The molecule has 2 aromatic rings. The van der Waals surface area contributed by atoms with Crippen molar-refractivity contribution in [2.75, 3.05) is 31.3 Å². The van der Waals surface area contributed by atoms with Gasteiger partial charge >= 0.3 is 5.97 Å². The molecule has 0 spiro atoms. The van der Waals surface area contributed by atoms with Crippen LogP contribution in [0.4, 0.5) is 9.52 Å². The van der Waals surface area contributed by atoms with Gasteiger partial charge in [0.05, 0.1) is 18.6 Å². The first kappa shape index (κ1) is 24.8. The lowest BCUT2D eigenvalue weighted by molar-refractivity contribution is -0.137. The number of carbonyl (C=O) groups is 2. The topological polar surface area (TPSA) is 119 Å². The maximum Gasteiger partial charge on any atom is 0.316 e. The molecule has 1 saturated heterocycles. The zero-order valence-electron chi connectivity index (χ0n) is 16.9. The molecule has 2 heterocycles. The lowest BCUT2D eigenvalue weighted by Gasteiger charge is -2.30. The third-order valence-electron chi connectivity index (χ3n) is 4.78. The van der Waals surface area contributed by atoms with Crippen molar-refractivity contribution in [1.82, 2.24) is 14.5 Å². The molecule has 9 nitrogen and oxygen atoms in total. The Hall–Kier alpha value is -1.80. The van der Waals surface area contributed by atoms with E-state index < -0.39 is 33.5 Å². The van der Waals surface area contributed by atoms with Gasteiger partial charge in [0, 0.05) is 29.6 Å². The first-order chi connectivity index (χ1) is 15.2. The molecule has 0 atom stereocenters. The first-order valence-electron chi connectivity index (χ1n) is 9.44. The molecule has 14 heteroatoms. The van der Waals surface area contributed by atoms with Gasteiger partial charge in [-0.3, -0.25) is 9.59 Å². The Morgan fingerprint density at radius 3 is 2.72 bits per heavy atom. The number of hydrogen-bond donors (Lipinski definition) is 1. The van der Waals surface area contributed by atoms with Crippen LogP contribution in [0, 0.1) is 11.7 Å². The predicted octanol–water partition coefficient (Wildman–Crippen LogP) is 2.78. The van der Waals surface area contributed by atoms with Crippen molar-refractivity contribution >= 4 is 61.7 Å². The van der Waals surface area contributed by atoms with E-state index in [0.29, 0.717) is 22.3 Å². The number of amides is 1. The highest BCUT2D eigenvalue weighted by Gasteiger charge is 2.32. The molecule has 174 valence electrons. The number of thioether (sulfide) groups is 1. The van der Waals surface area contributed by atoms with Gasteiger partial charge in [0.15, 0.2) is 4.34 Å². The van der Waals surface area contributed by atoms with E-state index in [1.807, 2.05) is 0 Å². The van der Waals surface area contributed by atoms with Gasteiger partial charge in [-0.15, -0.1) is 10.2 Å². The summed E-state index contributed by atoms with van der Waals surface area (Å²) in [7, 11) is -2.49. The molecule has 0 aliphatic carbocycles. The summed E-state index contributed by atoms with van der Waals surface area (Å²) in [5, 5.41) is 10.8. The van der Waals surface area contributed by atoms with Crippen LogP contribution in [-0.4, -0.2) is 60.7 Å². The third-order valence-corrected chi connectivity index (χ3v) is 8.89. The van der Waals surface area contributed by atoms with Gasteiger partial charge in [0.2, 0.25) is 21.1 Å². The molecule has 3 rings (SSSR count). The Kier molecular flexibility index (Phi) is 8.44. The Labute approximate surface area is 197 Å². The second-order valence-electron chi connectivity index (χ2n) is 6.86. The lowest BCUT2D eigenvalue weighted by Crippen LogP contribution is -2.42.